The average molecular weight is 579 g/mol. The van der Waals surface area contributed by atoms with Crippen LogP contribution in [0.5, 0.6) is 0 Å². The number of ether oxygens (including phenoxy) is 3. The van der Waals surface area contributed by atoms with Crippen molar-refractivity contribution >= 4 is 48.3 Å². The Balaban J connectivity index is 1.48. The van der Waals surface area contributed by atoms with Gasteiger partial charge < -0.3 is 23.2 Å². The summed E-state index contributed by atoms with van der Waals surface area (Å²) in [5, 5.41) is 1.59. The molecular formula is C27H33Cl2N3O5Si. The van der Waals surface area contributed by atoms with Crippen LogP contribution in [0.3, 0.4) is 0 Å². The van der Waals surface area contributed by atoms with E-state index >= 15 is 0 Å². The highest BCUT2D eigenvalue weighted by molar-refractivity contribution is 6.74. The van der Waals surface area contributed by atoms with Crippen LogP contribution in [0, 0.1) is 0 Å². The van der Waals surface area contributed by atoms with Crippen LogP contribution in [-0.2, 0) is 25.2 Å². The fourth-order valence-corrected chi connectivity index (χ4v) is 6.04. The molecule has 4 heterocycles. The number of halogens is 2. The highest BCUT2D eigenvalue weighted by Gasteiger charge is 2.58. The molecule has 3 aromatic rings. The third kappa shape index (κ3) is 4.94. The molecule has 2 aliphatic rings. The number of carbonyl (C=O) groups excluding carboxylic acids is 1. The third-order valence-corrected chi connectivity index (χ3v) is 12.8. The minimum atomic E-state index is -2.07. The van der Waals surface area contributed by atoms with Crippen molar-refractivity contribution in [1.82, 2.24) is 14.5 Å². The average Bonchev–Trinajstić information content (AvgIpc) is 3.48. The first-order valence-electron chi connectivity index (χ1n) is 12.6. The van der Waals surface area contributed by atoms with Crippen molar-refractivity contribution in [2.75, 3.05) is 0 Å². The number of aromatic nitrogens is 3. The van der Waals surface area contributed by atoms with E-state index in [4.69, 9.17) is 41.8 Å². The van der Waals surface area contributed by atoms with Gasteiger partial charge in [0.1, 0.15) is 29.3 Å². The lowest BCUT2D eigenvalue weighted by atomic mass is 9.97. The highest BCUT2D eigenvalue weighted by Crippen LogP contribution is 2.45. The lowest BCUT2D eigenvalue weighted by Gasteiger charge is -2.36. The van der Waals surface area contributed by atoms with E-state index in [1.165, 1.54) is 6.33 Å². The summed E-state index contributed by atoms with van der Waals surface area (Å²) in [6, 6.07) is 7.06. The number of hydrogen-bond donors (Lipinski definition) is 0. The molecule has 5 rings (SSSR count). The molecule has 0 unspecified atom stereocenters. The van der Waals surface area contributed by atoms with Crippen LogP contribution >= 0.6 is 23.2 Å². The van der Waals surface area contributed by atoms with Gasteiger partial charge in [0.2, 0.25) is 0 Å². The van der Waals surface area contributed by atoms with Crippen LogP contribution in [0.25, 0.3) is 11.0 Å². The van der Waals surface area contributed by atoms with E-state index in [0.29, 0.717) is 26.8 Å². The summed E-state index contributed by atoms with van der Waals surface area (Å²) in [7, 11) is -2.07. The maximum atomic E-state index is 14.1. The summed E-state index contributed by atoms with van der Waals surface area (Å²) >= 11 is 12.6. The molecule has 0 spiro atoms. The van der Waals surface area contributed by atoms with Crippen LogP contribution in [0.2, 0.25) is 28.3 Å². The Morgan fingerprint density at radius 3 is 2.55 bits per heavy atom. The Labute approximate surface area is 233 Å². The second kappa shape index (κ2) is 9.66. The van der Waals surface area contributed by atoms with Crippen LogP contribution in [0.4, 0.5) is 0 Å². The van der Waals surface area contributed by atoms with E-state index < -0.39 is 38.6 Å². The van der Waals surface area contributed by atoms with Gasteiger partial charge in [0.05, 0.1) is 12.0 Å². The Bertz CT molecular complexity index is 1390. The van der Waals surface area contributed by atoms with Crippen molar-refractivity contribution in [2.24, 2.45) is 0 Å². The van der Waals surface area contributed by atoms with Crippen molar-refractivity contribution in [2.45, 2.75) is 89.7 Å². The van der Waals surface area contributed by atoms with Crippen molar-refractivity contribution < 1.29 is 23.4 Å². The zero-order valence-electron chi connectivity index (χ0n) is 22.6. The van der Waals surface area contributed by atoms with Gasteiger partial charge in [0.25, 0.3) is 0 Å². The van der Waals surface area contributed by atoms with Gasteiger partial charge in [-0.1, -0.05) is 44.0 Å². The zero-order chi connectivity index (χ0) is 27.6. The molecule has 1 aromatic carbocycles. The minimum Gasteiger partial charge on any atom is -0.413 e. The first kappa shape index (κ1) is 27.7. The maximum absolute atomic E-state index is 14.1. The molecule has 8 nitrogen and oxygen atoms in total. The lowest BCUT2D eigenvalue weighted by Crippen LogP contribution is -2.40. The van der Waals surface area contributed by atoms with Gasteiger partial charge in [-0.15, -0.1) is 0 Å². The largest absolute Gasteiger partial charge is 0.413 e. The molecule has 2 fully saturated rings. The summed E-state index contributed by atoms with van der Waals surface area (Å²) in [4.78, 5) is 22.5. The Morgan fingerprint density at radius 1 is 1.13 bits per heavy atom. The first-order valence-corrected chi connectivity index (χ1v) is 16.3. The van der Waals surface area contributed by atoms with Gasteiger partial charge in [-0.2, -0.15) is 0 Å². The quantitative estimate of drug-likeness (QED) is 0.186. The molecule has 0 radical (unpaired) electrons. The van der Waals surface area contributed by atoms with Gasteiger partial charge in [-0.3, -0.25) is 4.79 Å². The van der Waals surface area contributed by atoms with Gasteiger partial charge in [0.15, 0.2) is 32.2 Å². The second-order valence-electron chi connectivity index (χ2n) is 11.9. The van der Waals surface area contributed by atoms with Crippen LogP contribution < -0.4 is 0 Å². The number of ketones is 1. The third-order valence-electron chi connectivity index (χ3n) is 7.75. The predicted octanol–water partition coefficient (Wildman–Crippen LogP) is 6.56. The molecule has 2 aromatic heterocycles. The number of hydrogen-bond acceptors (Lipinski definition) is 7. The van der Waals surface area contributed by atoms with Crippen molar-refractivity contribution in [3.63, 3.8) is 0 Å². The molecule has 0 saturated carbocycles. The Hall–Kier alpha value is -1.85. The van der Waals surface area contributed by atoms with Gasteiger partial charge in [0, 0.05) is 16.8 Å². The highest BCUT2D eigenvalue weighted by atomic mass is 35.5. The monoisotopic (exact) mass is 577 g/mol. The zero-order valence-corrected chi connectivity index (χ0v) is 25.1. The molecule has 2 aliphatic heterocycles. The molecule has 0 amide bonds. The molecule has 0 bridgehead atoms. The van der Waals surface area contributed by atoms with Crippen LogP contribution in [0.1, 0.15) is 56.8 Å². The number of Topliss-reactive ketones (excluding diaryl/α,β-unsaturated/α-hetero) is 1. The normalized spacial score (nSPS) is 25.2. The smallest absolute Gasteiger partial charge is 0.194 e. The SMILES string of the molecule is CC1(C)O[C@@H]2[C@H](O1)[C@@H](C(=O)c1ccc(Cl)cc1CO[Si](C)(C)C(C)(C)C)O[C@H]2n1ccc2c(Cl)ncnc21. The van der Waals surface area contributed by atoms with E-state index in [9.17, 15) is 4.79 Å². The molecule has 11 heteroatoms. The van der Waals surface area contributed by atoms with Crippen LogP contribution in [-0.4, -0.2) is 52.7 Å². The summed E-state index contributed by atoms with van der Waals surface area (Å²) in [5.74, 6) is -1.10. The van der Waals surface area contributed by atoms with Crippen molar-refractivity contribution in [3.05, 3.63) is 58.1 Å². The number of rotatable bonds is 6. The lowest BCUT2D eigenvalue weighted by molar-refractivity contribution is -0.190. The summed E-state index contributed by atoms with van der Waals surface area (Å²) < 4.78 is 27.2. The van der Waals surface area contributed by atoms with Crippen molar-refractivity contribution in [1.29, 1.82) is 0 Å². The molecule has 204 valence electrons. The molecule has 0 N–H and O–H groups in total. The second-order valence-corrected chi connectivity index (χ2v) is 17.5. The summed E-state index contributed by atoms with van der Waals surface area (Å²) in [6.07, 6.45) is 0.487. The Kier molecular flexibility index (Phi) is 7.04. The molecule has 2 saturated heterocycles. The number of benzene rings is 1. The van der Waals surface area contributed by atoms with Gasteiger partial charge in [-0.05, 0) is 61.8 Å². The van der Waals surface area contributed by atoms with Gasteiger partial charge in [-0.25, -0.2) is 9.97 Å². The van der Waals surface area contributed by atoms with E-state index in [2.05, 4.69) is 43.8 Å². The van der Waals surface area contributed by atoms with Crippen LogP contribution in [0.15, 0.2) is 36.8 Å². The van der Waals surface area contributed by atoms with E-state index in [0.717, 1.165) is 5.56 Å². The standard InChI is InChI=1S/C27H33Cl2N3O5Si/c1-26(2,3)38(6,7)34-13-15-12-16(28)8-9-17(15)19(33)20-21-22(37-27(4,5)36-21)25(35-20)32-11-10-18-23(29)30-14-31-24(18)32/h8-12,14,20-22,25H,13H2,1-7H3/t20-,21-,22-,25-/m1/s1. The van der Waals surface area contributed by atoms with Crippen molar-refractivity contribution in [3.8, 4) is 0 Å². The molecule has 4 atom stereocenters. The van der Waals surface area contributed by atoms with E-state index in [-0.39, 0.29) is 17.4 Å². The van der Waals surface area contributed by atoms with E-state index in [1.807, 2.05) is 30.7 Å². The number of carbonyl (C=O) groups is 1. The molecule has 38 heavy (non-hydrogen) atoms. The number of fused-ring (bicyclic) bond motifs is 2. The molecular weight excluding hydrogens is 545 g/mol. The predicted molar refractivity (Wildman–Crippen MR) is 148 cm³/mol. The fourth-order valence-electron chi connectivity index (χ4n) is 4.71. The topological polar surface area (TPSA) is 84.7 Å². The number of nitrogens with zero attached hydrogens (tertiary/aromatic N) is 3. The Morgan fingerprint density at radius 2 is 1.84 bits per heavy atom. The van der Waals surface area contributed by atoms with E-state index in [1.54, 1.807) is 18.2 Å². The fraction of sp³-hybridized carbons (Fsp3) is 0.519. The maximum Gasteiger partial charge on any atom is 0.194 e. The molecule has 0 aliphatic carbocycles. The summed E-state index contributed by atoms with van der Waals surface area (Å²) in [6.45, 7) is 14.8. The van der Waals surface area contributed by atoms with Gasteiger partial charge >= 0.3 is 0 Å². The first-order chi connectivity index (χ1) is 17.7. The summed E-state index contributed by atoms with van der Waals surface area (Å²) in [5.41, 5.74) is 1.80. The minimum absolute atomic E-state index is 0.0252.